The SMILES string of the molecule is C=CCC[C@@](OCc1ccccc1)(c1nnc(-c2nc(OC(C)CC=C)c(C(F)(F)F)cc2[N+](=O)[O-])o1)C(F)(F)F. The monoisotopic (exact) mass is 586 g/mol. The van der Waals surface area contributed by atoms with Crippen LogP contribution >= 0.6 is 0 Å². The predicted octanol–water partition coefficient (Wildman–Crippen LogP) is 7.34. The highest BCUT2D eigenvalue weighted by Crippen LogP contribution is 2.47. The molecule has 0 bridgehead atoms. The molecule has 0 N–H and O–H groups in total. The lowest BCUT2D eigenvalue weighted by atomic mass is 9.96. The molecule has 1 unspecified atom stereocenters. The minimum atomic E-state index is -5.14. The summed E-state index contributed by atoms with van der Waals surface area (Å²) in [6.07, 6.45) is -9.47. The minimum Gasteiger partial charge on any atom is -0.474 e. The van der Waals surface area contributed by atoms with E-state index in [0.717, 1.165) is 0 Å². The third kappa shape index (κ3) is 7.09. The zero-order valence-electron chi connectivity index (χ0n) is 21.5. The van der Waals surface area contributed by atoms with Crippen LogP contribution in [0.4, 0.5) is 32.0 Å². The number of alkyl halides is 6. The van der Waals surface area contributed by atoms with Gasteiger partial charge in [-0.1, -0.05) is 42.5 Å². The van der Waals surface area contributed by atoms with Crippen molar-refractivity contribution >= 4 is 5.69 Å². The van der Waals surface area contributed by atoms with Crippen LogP contribution in [0.3, 0.4) is 0 Å². The highest BCUT2D eigenvalue weighted by Gasteiger charge is 2.61. The van der Waals surface area contributed by atoms with Crippen LogP contribution in [0.15, 0.2) is 66.1 Å². The summed E-state index contributed by atoms with van der Waals surface area (Å²) in [7, 11) is 0. The highest BCUT2D eigenvalue weighted by atomic mass is 19.4. The Balaban J connectivity index is 2.18. The zero-order valence-corrected chi connectivity index (χ0v) is 21.5. The number of aromatic nitrogens is 3. The molecule has 2 aromatic heterocycles. The second kappa shape index (κ2) is 12.5. The third-order valence-electron chi connectivity index (χ3n) is 5.74. The number of allylic oxidation sites excluding steroid dienone is 1. The summed E-state index contributed by atoms with van der Waals surface area (Å²) in [6.45, 7) is 7.76. The van der Waals surface area contributed by atoms with Gasteiger partial charge in [0.2, 0.25) is 17.2 Å². The maximum atomic E-state index is 14.6. The van der Waals surface area contributed by atoms with E-state index >= 15 is 0 Å². The number of halogens is 6. The van der Waals surface area contributed by atoms with Crippen LogP contribution in [0.25, 0.3) is 11.6 Å². The lowest BCUT2D eigenvalue weighted by Gasteiger charge is -2.32. The van der Waals surface area contributed by atoms with E-state index in [1.165, 1.54) is 31.2 Å². The van der Waals surface area contributed by atoms with Gasteiger partial charge < -0.3 is 13.9 Å². The van der Waals surface area contributed by atoms with Crippen LogP contribution < -0.4 is 4.74 Å². The highest BCUT2D eigenvalue weighted by molar-refractivity contribution is 5.64. The number of pyridine rings is 1. The average Bonchev–Trinajstić information content (AvgIpc) is 3.38. The number of hydrogen-bond acceptors (Lipinski definition) is 8. The molecule has 41 heavy (non-hydrogen) atoms. The summed E-state index contributed by atoms with van der Waals surface area (Å²) < 4.78 is 101. The molecule has 3 aromatic rings. The van der Waals surface area contributed by atoms with Gasteiger partial charge in [-0.3, -0.25) is 10.1 Å². The smallest absolute Gasteiger partial charge is 0.426 e. The molecular formula is C26H24F6N4O5. The summed E-state index contributed by atoms with van der Waals surface area (Å²) in [5.41, 5.74) is -6.56. The van der Waals surface area contributed by atoms with Crippen LogP contribution in [0.1, 0.15) is 43.2 Å². The lowest BCUT2D eigenvalue weighted by molar-refractivity contribution is -0.384. The molecule has 0 fully saturated rings. The molecule has 15 heteroatoms. The van der Waals surface area contributed by atoms with Crippen LogP contribution in [0, 0.1) is 10.1 Å². The van der Waals surface area contributed by atoms with Crippen LogP contribution in [-0.2, 0) is 23.1 Å². The molecule has 2 atom stereocenters. The van der Waals surface area contributed by atoms with Crippen molar-refractivity contribution in [1.29, 1.82) is 0 Å². The standard InChI is InChI=1S/C26H24F6N4O5/c1-4-6-13-24(26(30,31)32,39-15-17-11-8-7-9-12-17)23-35-34-22(41-23)20-19(36(37)38)14-18(25(27,28)29)21(33-20)40-16(3)10-5-2/h4-5,7-9,11-12,14,16H,1-2,6,10,13,15H2,3H3/t16?,24-/m1/s1. The summed E-state index contributed by atoms with van der Waals surface area (Å²) >= 11 is 0. The summed E-state index contributed by atoms with van der Waals surface area (Å²) in [5, 5.41) is 18.6. The van der Waals surface area contributed by atoms with Gasteiger partial charge in [0.25, 0.3) is 11.8 Å². The fourth-order valence-corrected chi connectivity index (χ4v) is 3.70. The Labute approximate surface area is 229 Å². The molecule has 2 heterocycles. The Hall–Kier alpha value is -4.27. The van der Waals surface area contributed by atoms with Gasteiger partial charge in [-0.15, -0.1) is 23.4 Å². The molecule has 0 radical (unpaired) electrons. The Bertz CT molecular complexity index is 1380. The second-order valence-electron chi connectivity index (χ2n) is 8.76. The first-order valence-corrected chi connectivity index (χ1v) is 12.0. The van der Waals surface area contributed by atoms with Gasteiger partial charge in [0.15, 0.2) is 0 Å². The van der Waals surface area contributed by atoms with E-state index < -0.39 is 76.6 Å². The van der Waals surface area contributed by atoms with Crippen molar-refractivity contribution < 1.29 is 45.2 Å². The Morgan fingerprint density at radius 2 is 1.78 bits per heavy atom. The lowest BCUT2D eigenvalue weighted by Crippen LogP contribution is -2.45. The van der Waals surface area contributed by atoms with Crippen LogP contribution in [-0.4, -0.2) is 32.4 Å². The van der Waals surface area contributed by atoms with Gasteiger partial charge in [0, 0.05) is 12.5 Å². The normalized spacial score (nSPS) is 14.2. The fraction of sp³-hybridized carbons (Fsp3) is 0.346. The van der Waals surface area contributed by atoms with E-state index in [1.54, 1.807) is 18.2 Å². The Morgan fingerprint density at radius 3 is 2.34 bits per heavy atom. The van der Waals surface area contributed by atoms with Crippen LogP contribution in [0.5, 0.6) is 5.88 Å². The van der Waals surface area contributed by atoms with E-state index in [0.29, 0.717) is 5.56 Å². The van der Waals surface area contributed by atoms with Gasteiger partial charge in [-0.2, -0.15) is 26.3 Å². The molecule has 9 nitrogen and oxygen atoms in total. The Kier molecular flexibility index (Phi) is 9.53. The molecule has 0 saturated heterocycles. The molecule has 0 amide bonds. The number of nitrogens with zero attached hydrogens (tertiary/aromatic N) is 4. The topological polar surface area (TPSA) is 113 Å². The van der Waals surface area contributed by atoms with E-state index in [2.05, 4.69) is 28.3 Å². The molecule has 1 aromatic carbocycles. The number of hydrogen-bond donors (Lipinski definition) is 0. The van der Waals surface area contributed by atoms with Crippen molar-refractivity contribution in [2.75, 3.05) is 0 Å². The summed E-state index contributed by atoms with van der Waals surface area (Å²) in [6, 6.07) is 8.03. The maximum absolute atomic E-state index is 14.6. The molecular weight excluding hydrogens is 562 g/mol. The number of rotatable bonds is 13. The van der Waals surface area contributed by atoms with E-state index in [9.17, 15) is 36.5 Å². The minimum absolute atomic E-state index is 0.0894. The summed E-state index contributed by atoms with van der Waals surface area (Å²) in [4.78, 5) is 14.1. The van der Waals surface area contributed by atoms with Gasteiger partial charge in [-0.05, 0) is 25.3 Å². The Morgan fingerprint density at radius 1 is 1.10 bits per heavy atom. The van der Waals surface area contributed by atoms with Gasteiger partial charge >= 0.3 is 18.0 Å². The molecule has 3 rings (SSSR count). The van der Waals surface area contributed by atoms with Gasteiger partial charge in [0.1, 0.15) is 11.7 Å². The average molecular weight is 586 g/mol. The van der Waals surface area contributed by atoms with Gasteiger partial charge in [0.05, 0.1) is 11.5 Å². The molecule has 0 spiro atoms. The first-order chi connectivity index (χ1) is 19.2. The summed E-state index contributed by atoms with van der Waals surface area (Å²) in [5.74, 6) is -3.14. The van der Waals surface area contributed by atoms with Crippen molar-refractivity contribution in [2.24, 2.45) is 0 Å². The maximum Gasteiger partial charge on any atom is 0.426 e. The molecule has 0 aliphatic rings. The fourth-order valence-electron chi connectivity index (χ4n) is 3.70. The van der Waals surface area contributed by atoms with E-state index in [1.807, 2.05) is 0 Å². The largest absolute Gasteiger partial charge is 0.474 e. The number of ether oxygens (including phenoxy) is 2. The van der Waals surface area contributed by atoms with Crippen molar-refractivity contribution in [1.82, 2.24) is 15.2 Å². The van der Waals surface area contributed by atoms with E-state index in [4.69, 9.17) is 13.9 Å². The number of nitro groups is 1. The van der Waals surface area contributed by atoms with Crippen molar-refractivity contribution in [3.05, 3.63) is 88.8 Å². The molecule has 0 aliphatic carbocycles. The predicted molar refractivity (Wildman–Crippen MR) is 132 cm³/mol. The molecule has 220 valence electrons. The third-order valence-corrected chi connectivity index (χ3v) is 5.74. The first kappa shape index (κ1) is 31.3. The van der Waals surface area contributed by atoms with E-state index in [-0.39, 0.29) is 18.9 Å². The van der Waals surface area contributed by atoms with Gasteiger partial charge in [-0.25, -0.2) is 4.98 Å². The second-order valence-corrected chi connectivity index (χ2v) is 8.76. The van der Waals surface area contributed by atoms with Crippen LogP contribution in [0.2, 0.25) is 0 Å². The molecule has 0 saturated carbocycles. The van der Waals surface area contributed by atoms with Crippen molar-refractivity contribution in [3.63, 3.8) is 0 Å². The molecule has 0 aliphatic heterocycles. The first-order valence-electron chi connectivity index (χ1n) is 12.0. The zero-order chi connectivity index (χ0) is 30.4. The number of benzene rings is 1. The van der Waals surface area contributed by atoms with Crippen molar-refractivity contribution in [3.8, 4) is 17.5 Å². The van der Waals surface area contributed by atoms with Crippen molar-refractivity contribution in [2.45, 2.75) is 56.9 Å². The quantitative estimate of drug-likeness (QED) is 0.0885.